The van der Waals surface area contributed by atoms with E-state index < -0.39 is 0 Å². The molecule has 2 aromatic carbocycles. The van der Waals surface area contributed by atoms with Gasteiger partial charge in [0.25, 0.3) is 0 Å². The van der Waals surface area contributed by atoms with Gasteiger partial charge in [-0.05, 0) is 30.3 Å². The van der Waals surface area contributed by atoms with E-state index >= 15 is 0 Å². The molecule has 90 valence electrons. The predicted molar refractivity (Wildman–Crippen MR) is 76.1 cm³/mol. The van der Waals surface area contributed by atoms with Crippen molar-refractivity contribution in [2.24, 2.45) is 0 Å². The molecule has 0 unspecified atom stereocenters. The van der Waals surface area contributed by atoms with E-state index in [1.165, 1.54) is 17.4 Å². The van der Waals surface area contributed by atoms with Crippen LogP contribution >= 0.6 is 27.3 Å². The van der Waals surface area contributed by atoms with Crippen LogP contribution in [-0.2, 0) is 0 Å². The Bertz CT molecular complexity index is 719. The second-order valence-corrected chi connectivity index (χ2v) is 5.82. The molecular weight excluding hydrogens is 314 g/mol. The molecule has 0 fully saturated rings. The summed E-state index contributed by atoms with van der Waals surface area (Å²) in [6.45, 7) is 0. The number of fused-ring (bicyclic) bond motifs is 1. The first-order chi connectivity index (χ1) is 8.61. The van der Waals surface area contributed by atoms with Crippen molar-refractivity contribution in [3.8, 4) is 22.1 Å². The minimum Gasteiger partial charge on any atom is -0.508 e. The van der Waals surface area contributed by atoms with Crippen LogP contribution in [0.5, 0.6) is 11.5 Å². The number of nitrogens with zero attached hydrogens (tertiary/aromatic N) is 1. The Morgan fingerprint density at radius 1 is 1.00 bits per heavy atom. The number of aromatic hydroxyl groups is 2. The number of aromatic nitrogens is 1. The second kappa shape index (κ2) is 4.26. The number of hydrogen-bond acceptors (Lipinski definition) is 4. The lowest BCUT2D eigenvalue weighted by Crippen LogP contribution is -1.76. The molecule has 0 aliphatic rings. The highest BCUT2D eigenvalue weighted by atomic mass is 79.9. The van der Waals surface area contributed by atoms with E-state index in [1.807, 2.05) is 18.2 Å². The molecule has 0 bridgehead atoms. The zero-order valence-corrected chi connectivity index (χ0v) is 11.5. The maximum atomic E-state index is 9.48. The number of thiazole rings is 1. The topological polar surface area (TPSA) is 53.4 Å². The van der Waals surface area contributed by atoms with Gasteiger partial charge in [-0.25, -0.2) is 4.98 Å². The fraction of sp³-hybridized carbons (Fsp3) is 0. The Morgan fingerprint density at radius 2 is 1.72 bits per heavy atom. The van der Waals surface area contributed by atoms with Crippen LogP contribution in [0.2, 0.25) is 0 Å². The largest absolute Gasteiger partial charge is 0.508 e. The van der Waals surface area contributed by atoms with Gasteiger partial charge in [-0.1, -0.05) is 15.9 Å². The van der Waals surface area contributed by atoms with Crippen LogP contribution in [-0.4, -0.2) is 15.2 Å². The maximum absolute atomic E-state index is 9.48. The van der Waals surface area contributed by atoms with E-state index in [2.05, 4.69) is 20.9 Å². The van der Waals surface area contributed by atoms with Crippen LogP contribution < -0.4 is 0 Å². The summed E-state index contributed by atoms with van der Waals surface area (Å²) < 4.78 is 2.06. The van der Waals surface area contributed by atoms with E-state index in [4.69, 9.17) is 0 Å². The number of hydrogen-bond donors (Lipinski definition) is 2. The lowest BCUT2D eigenvalue weighted by molar-refractivity contribution is 0.451. The first-order valence-electron chi connectivity index (χ1n) is 5.21. The lowest BCUT2D eigenvalue weighted by Gasteiger charge is -1.99. The third-order valence-electron chi connectivity index (χ3n) is 2.50. The van der Waals surface area contributed by atoms with E-state index in [1.54, 1.807) is 12.1 Å². The molecular formula is C13H8BrNO2S. The molecule has 18 heavy (non-hydrogen) atoms. The zero-order chi connectivity index (χ0) is 12.7. The number of phenolic OH excluding ortho intramolecular Hbond substituents is 2. The van der Waals surface area contributed by atoms with E-state index in [0.717, 1.165) is 19.7 Å². The average Bonchev–Trinajstić information content (AvgIpc) is 2.70. The molecule has 0 saturated carbocycles. The monoisotopic (exact) mass is 321 g/mol. The Labute approximate surface area is 115 Å². The van der Waals surface area contributed by atoms with Crippen LogP contribution in [0, 0.1) is 0 Å². The van der Waals surface area contributed by atoms with Crippen LogP contribution in [0.25, 0.3) is 20.8 Å². The third-order valence-corrected chi connectivity index (χ3v) is 4.06. The van der Waals surface area contributed by atoms with Crippen LogP contribution in [0.15, 0.2) is 40.9 Å². The summed E-state index contributed by atoms with van der Waals surface area (Å²) in [5.74, 6) is 0.0656. The van der Waals surface area contributed by atoms with Gasteiger partial charge in [-0.15, -0.1) is 11.3 Å². The number of benzene rings is 2. The smallest absolute Gasteiger partial charge is 0.124 e. The molecule has 2 N–H and O–H groups in total. The Hall–Kier alpha value is -1.59. The average molecular weight is 322 g/mol. The van der Waals surface area contributed by atoms with Crippen molar-refractivity contribution in [3.05, 3.63) is 40.9 Å². The first kappa shape index (κ1) is 11.5. The SMILES string of the molecule is Oc1cc(O)cc(-c2nc3ccc(Br)cc3s2)c1. The summed E-state index contributed by atoms with van der Waals surface area (Å²) in [6.07, 6.45) is 0. The number of halogens is 1. The van der Waals surface area contributed by atoms with E-state index in [-0.39, 0.29) is 11.5 Å². The Balaban J connectivity index is 2.19. The van der Waals surface area contributed by atoms with Gasteiger partial charge in [-0.2, -0.15) is 0 Å². The Morgan fingerprint density at radius 3 is 2.44 bits per heavy atom. The molecule has 0 amide bonds. The van der Waals surface area contributed by atoms with Crippen molar-refractivity contribution in [2.75, 3.05) is 0 Å². The summed E-state index contributed by atoms with van der Waals surface area (Å²) in [5.41, 5.74) is 1.62. The minimum absolute atomic E-state index is 0.0328. The van der Waals surface area contributed by atoms with E-state index in [9.17, 15) is 10.2 Å². The summed E-state index contributed by atoms with van der Waals surface area (Å²) in [5, 5.41) is 19.7. The molecule has 3 rings (SSSR count). The number of phenols is 2. The van der Waals surface area contributed by atoms with Gasteiger partial charge in [-0.3, -0.25) is 0 Å². The Kier molecular flexibility index (Phi) is 2.72. The second-order valence-electron chi connectivity index (χ2n) is 3.87. The van der Waals surface area contributed by atoms with Gasteiger partial charge in [0.15, 0.2) is 0 Å². The summed E-state index contributed by atoms with van der Waals surface area (Å²) in [6, 6.07) is 10.3. The molecule has 0 atom stereocenters. The van der Waals surface area contributed by atoms with Crippen molar-refractivity contribution >= 4 is 37.5 Å². The van der Waals surface area contributed by atoms with Crippen molar-refractivity contribution in [3.63, 3.8) is 0 Å². The fourth-order valence-corrected chi connectivity index (χ4v) is 3.25. The van der Waals surface area contributed by atoms with Gasteiger partial charge >= 0.3 is 0 Å². The molecule has 0 aliphatic heterocycles. The summed E-state index contributed by atoms with van der Waals surface area (Å²) in [4.78, 5) is 4.48. The number of rotatable bonds is 1. The van der Waals surface area contributed by atoms with Crippen LogP contribution in [0.1, 0.15) is 0 Å². The molecule has 3 aromatic rings. The van der Waals surface area contributed by atoms with Crippen LogP contribution in [0.4, 0.5) is 0 Å². The lowest BCUT2D eigenvalue weighted by atomic mass is 10.2. The predicted octanol–water partition coefficient (Wildman–Crippen LogP) is 4.14. The fourth-order valence-electron chi connectivity index (χ4n) is 1.74. The van der Waals surface area contributed by atoms with E-state index in [0.29, 0.717) is 5.56 Å². The highest BCUT2D eigenvalue weighted by Crippen LogP contribution is 2.34. The van der Waals surface area contributed by atoms with Gasteiger partial charge < -0.3 is 10.2 Å². The highest BCUT2D eigenvalue weighted by Gasteiger charge is 2.08. The summed E-state index contributed by atoms with van der Waals surface area (Å²) >= 11 is 4.94. The quantitative estimate of drug-likeness (QED) is 0.708. The molecule has 1 aromatic heterocycles. The van der Waals surface area contributed by atoms with Gasteiger partial charge in [0.1, 0.15) is 16.5 Å². The van der Waals surface area contributed by atoms with Crippen molar-refractivity contribution in [2.45, 2.75) is 0 Å². The minimum atomic E-state index is 0.0328. The summed E-state index contributed by atoms with van der Waals surface area (Å²) in [7, 11) is 0. The highest BCUT2D eigenvalue weighted by molar-refractivity contribution is 9.10. The van der Waals surface area contributed by atoms with Gasteiger partial charge in [0.2, 0.25) is 0 Å². The molecule has 0 radical (unpaired) electrons. The zero-order valence-electron chi connectivity index (χ0n) is 9.09. The molecule has 5 heteroatoms. The van der Waals surface area contributed by atoms with Crippen LogP contribution in [0.3, 0.4) is 0 Å². The van der Waals surface area contributed by atoms with Crippen molar-refractivity contribution in [1.82, 2.24) is 4.98 Å². The molecule has 0 spiro atoms. The standard InChI is InChI=1S/C13H8BrNO2S/c14-8-1-2-11-12(5-8)18-13(15-11)7-3-9(16)6-10(17)4-7/h1-6,16-17H. The maximum Gasteiger partial charge on any atom is 0.124 e. The van der Waals surface area contributed by atoms with Crippen molar-refractivity contribution < 1.29 is 10.2 Å². The molecule has 1 heterocycles. The molecule has 3 nitrogen and oxygen atoms in total. The van der Waals surface area contributed by atoms with Gasteiger partial charge in [0.05, 0.1) is 10.2 Å². The van der Waals surface area contributed by atoms with Gasteiger partial charge in [0, 0.05) is 16.1 Å². The molecule has 0 saturated heterocycles. The molecule has 0 aliphatic carbocycles. The first-order valence-corrected chi connectivity index (χ1v) is 6.82. The van der Waals surface area contributed by atoms with Crippen molar-refractivity contribution in [1.29, 1.82) is 0 Å². The third kappa shape index (κ3) is 2.07. The normalized spacial score (nSPS) is 10.9.